The standard InChI is InChI=1S/C21H25N5O2S/c1-4-6-12-17(20(27)22-18-14-15(3)28-25-18)29-21-24-23-19(26(21)13-5-2)16-10-8-7-9-11-16/h5,7-11,14,17H,2,4,6,12-13H2,1,3H3,(H,22,25,27). The highest BCUT2D eigenvalue weighted by Gasteiger charge is 2.24. The summed E-state index contributed by atoms with van der Waals surface area (Å²) in [5.41, 5.74) is 0.973. The first-order valence-corrected chi connectivity index (χ1v) is 10.5. The number of hydrogen-bond donors (Lipinski definition) is 1. The molecule has 0 spiro atoms. The predicted molar refractivity (Wildman–Crippen MR) is 115 cm³/mol. The molecule has 0 aliphatic carbocycles. The molecule has 0 aliphatic rings. The third-order valence-electron chi connectivity index (χ3n) is 4.30. The first kappa shape index (κ1) is 20.9. The molecule has 0 saturated heterocycles. The van der Waals surface area contributed by atoms with Gasteiger partial charge in [0.25, 0.3) is 0 Å². The molecule has 29 heavy (non-hydrogen) atoms. The van der Waals surface area contributed by atoms with E-state index in [4.69, 9.17) is 4.52 Å². The van der Waals surface area contributed by atoms with Crippen LogP contribution in [0.25, 0.3) is 11.4 Å². The lowest BCUT2D eigenvalue weighted by Crippen LogP contribution is -2.26. The van der Waals surface area contributed by atoms with Crippen LogP contribution in [0, 0.1) is 6.92 Å². The van der Waals surface area contributed by atoms with Crippen molar-refractivity contribution < 1.29 is 9.32 Å². The van der Waals surface area contributed by atoms with Crippen molar-refractivity contribution in [1.82, 2.24) is 19.9 Å². The number of carbonyl (C=O) groups is 1. The molecule has 2 aromatic heterocycles. The second kappa shape index (κ2) is 10.1. The molecule has 1 atom stereocenters. The van der Waals surface area contributed by atoms with Gasteiger partial charge in [-0.05, 0) is 13.3 Å². The maximum absolute atomic E-state index is 12.9. The van der Waals surface area contributed by atoms with Gasteiger partial charge >= 0.3 is 0 Å². The van der Waals surface area contributed by atoms with Crippen LogP contribution in [0.3, 0.4) is 0 Å². The van der Waals surface area contributed by atoms with Gasteiger partial charge in [0.1, 0.15) is 5.76 Å². The summed E-state index contributed by atoms with van der Waals surface area (Å²) in [6, 6.07) is 11.6. The summed E-state index contributed by atoms with van der Waals surface area (Å²) < 4.78 is 7.02. The van der Waals surface area contributed by atoms with Gasteiger partial charge in [-0.1, -0.05) is 73.1 Å². The van der Waals surface area contributed by atoms with Crippen LogP contribution in [0.4, 0.5) is 5.82 Å². The molecule has 1 aromatic carbocycles. The second-order valence-electron chi connectivity index (χ2n) is 6.63. The van der Waals surface area contributed by atoms with E-state index in [2.05, 4.69) is 34.2 Å². The number of unbranched alkanes of at least 4 members (excludes halogenated alkanes) is 1. The van der Waals surface area contributed by atoms with Gasteiger partial charge in [0.2, 0.25) is 5.91 Å². The molecule has 0 radical (unpaired) electrons. The van der Waals surface area contributed by atoms with Crippen LogP contribution in [0.1, 0.15) is 31.9 Å². The van der Waals surface area contributed by atoms with Crippen molar-refractivity contribution in [2.45, 2.75) is 50.1 Å². The Balaban J connectivity index is 1.83. The van der Waals surface area contributed by atoms with Crippen LogP contribution in [0.15, 0.2) is 58.7 Å². The van der Waals surface area contributed by atoms with Gasteiger partial charge in [-0.3, -0.25) is 9.36 Å². The number of rotatable bonds is 10. The minimum Gasteiger partial charge on any atom is -0.360 e. The summed E-state index contributed by atoms with van der Waals surface area (Å²) in [5, 5.41) is 15.8. The number of aryl methyl sites for hydroxylation is 1. The largest absolute Gasteiger partial charge is 0.360 e. The molecule has 3 aromatic rings. The molecule has 1 amide bonds. The van der Waals surface area contributed by atoms with Gasteiger partial charge in [0.15, 0.2) is 16.8 Å². The first-order chi connectivity index (χ1) is 14.1. The van der Waals surface area contributed by atoms with E-state index in [0.29, 0.717) is 23.3 Å². The van der Waals surface area contributed by atoms with Gasteiger partial charge in [0, 0.05) is 18.2 Å². The van der Waals surface area contributed by atoms with Crippen LogP contribution < -0.4 is 5.32 Å². The number of anilines is 1. The smallest absolute Gasteiger partial charge is 0.239 e. The van der Waals surface area contributed by atoms with E-state index in [1.807, 2.05) is 34.9 Å². The minimum absolute atomic E-state index is 0.119. The monoisotopic (exact) mass is 411 g/mol. The van der Waals surface area contributed by atoms with E-state index in [-0.39, 0.29) is 11.2 Å². The fraction of sp³-hybridized carbons (Fsp3) is 0.333. The van der Waals surface area contributed by atoms with E-state index in [1.54, 1.807) is 19.1 Å². The third-order valence-corrected chi connectivity index (χ3v) is 5.55. The van der Waals surface area contributed by atoms with Gasteiger partial charge in [-0.15, -0.1) is 16.8 Å². The lowest BCUT2D eigenvalue weighted by atomic mass is 10.2. The van der Waals surface area contributed by atoms with Crippen LogP contribution in [0.5, 0.6) is 0 Å². The van der Waals surface area contributed by atoms with Gasteiger partial charge in [-0.25, -0.2) is 0 Å². The molecule has 0 aliphatic heterocycles. The number of carbonyl (C=O) groups excluding carboxylic acids is 1. The van der Waals surface area contributed by atoms with Crippen molar-refractivity contribution >= 4 is 23.5 Å². The maximum atomic E-state index is 12.9. The molecule has 1 unspecified atom stereocenters. The summed E-state index contributed by atoms with van der Waals surface area (Å²) in [5.74, 6) is 1.71. The Bertz CT molecular complexity index is 951. The third kappa shape index (κ3) is 5.35. The molecule has 0 fully saturated rings. The Morgan fingerprint density at radius 1 is 1.34 bits per heavy atom. The van der Waals surface area contributed by atoms with Crippen molar-refractivity contribution in [1.29, 1.82) is 0 Å². The Hall–Kier alpha value is -2.87. The number of nitrogens with zero attached hydrogens (tertiary/aromatic N) is 4. The van der Waals surface area contributed by atoms with E-state index in [0.717, 1.165) is 30.7 Å². The normalized spacial score (nSPS) is 11.9. The van der Waals surface area contributed by atoms with Crippen molar-refractivity contribution in [2.24, 2.45) is 0 Å². The summed E-state index contributed by atoms with van der Waals surface area (Å²) in [7, 11) is 0. The van der Waals surface area contributed by atoms with E-state index in [1.165, 1.54) is 11.8 Å². The summed E-state index contributed by atoms with van der Waals surface area (Å²) in [6.07, 6.45) is 4.47. The van der Waals surface area contributed by atoms with Crippen LogP contribution in [-0.2, 0) is 11.3 Å². The van der Waals surface area contributed by atoms with Crippen molar-refractivity contribution in [3.63, 3.8) is 0 Å². The number of allylic oxidation sites excluding steroid dienone is 1. The van der Waals surface area contributed by atoms with Gasteiger partial charge in [0.05, 0.1) is 5.25 Å². The Kier molecular flexibility index (Phi) is 7.24. The van der Waals surface area contributed by atoms with Crippen LogP contribution >= 0.6 is 11.8 Å². The zero-order chi connectivity index (χ0) is 20.6. The van der Waals surface area contributed by atoms with E-state index in [9.17, 15) is 4.79 Å². The molecule has 3 rings (SSSR count). The molecule has 8 heteroatoms. The number of benzene rings is 1. The Morgan fingerprint density at radius 2 is 2.14 bits per heavy atom. The molecule has 152 valence electrons. The van der Waals surface area contributed by atoms with Gasteiger partial charge in [-0.2, -0.15) is 0 Å². The molecular formula is C21H25N5O2S. The van der Waals surface area contributed by atoms with Crippen LogP contribution in [-0.4, -0.2) is 31.1 Å². The predicted octanol–water partition coefficient (Wildman–Crippen LogP) is 4.72. The quantitative estimate of drug-likeness (QED) is 0.384. The number of thioether (sulfide) groups is 1. The molecule has 2 heterocycles. The SMILES string of the molecule is C=CCn1c(SC(CCCC)C(=O)Nc2cc(C)on2)nnc1-c1ccccc1. The topological polar surface area (TPSA) is 85.8 Å². The summed E-state index contributed by atoms with van der Waals surface area (Å²) in [6.45, 7) is 8.30. The Labute approximate surface area is 174 Å². The first-order valence-electron chi connectivity index (χ1n) is 9.62. The number of hydrogen-bond acceptors (Lipinski definition) is 6. The molecule has 0 bridgehead atoms. The maximum Gasteiger partial charge on any atom is 0.239 e. The molecule has 7 nitrogen and oxygen atoms in total. The fourth-order valence-electron chi connectivity index (χ4n) is 2.86. The van der Waals surface area contributed by atoms with E-state index >= 15 is 0 Å². The Morgan fingerprint density at radius 3 is 2.79 bits per heavy atom. The second-order valence-corrected chi connectivity index (χ2v) is 7.80. The van der Waals surface area contributed by atoms with Crippen molar-refractivity contribution in [3.8, 4) is 11.4 Å². The van der Waals surface area contributed by atoms with Crippen molar-refractivity contribution in [3.05, 3.63) is 54.8 Å². The minimum atomic E-state index is -0.316. The van der Waals surface area contributed by atoms with Crippen LogP contribution in [0.2, 0.25) is 0 Å². The van der Waals surface area contributed by atoms with E-state index < -0.39 is 0 Å². The number of amides is 1. The highest BCUT2D eigenvalue weighted by atomic mass is 32.2. The molecular weight excluding hydrogens is 386 g/mol. The lowest BCUT2D eigenvalue weighted by Gasteiger charge is -2.15. The van der Waals surface area contributed by atoms with Crippen molar-refractivity contribution in [2.75, 3.05) is 5.32 Å². The van der Waals surface area contributed by atoms with Gasteiger partial charge < -0.3 is 9.84 Å². The average molecular weight is 412 g/mol. The number of aromatic nitrogens is 4. The molecule has 0 saturated carbocycles. The summed E-state index contributed by atoms with van der Waals surface area (Å²) >= 11 is 1.42. The summed E-state index contributed by atoms with van der Waals surface area (Å²) in [4.78, 5) is 12.9. The number of nitrogens with one attached hydrogen (secondary N) is 1. The zero-order valence-corrected chi connectivity index (χ0v) is 17.5. The molecule has 1 N–H and O–H groups in total. The highest BCUT2D eigenvalue weighted by molar-refractivity contribution is 8.00. The average Bonchev–Trinajstić information content (AvgIpc) is 3.32. The highest BCUT2D eigenvalue weighted by Crippen LogP contribution is 2.30. The fourth-order valence-corrected chi connectivity index (χ4v) is 3.94. The zero-order valence-electron chi connectivity index (χ0n) is 16.7. The lowest BCUT2D eigenvalue weighted by molar-refractivity contribution is -0.115.